The molecule has 2 rings (SSSR count). The molecule has 5 nitrogen and oxygen atoms in total. The van der Waals surface area contributed by atoms with Crippen LogP contribution < -0.4 is 0 Å². The first kappa shape index (κ1) is 12.0. The van der Waals surface area contributed by atoms with E-state index >= 15 is 0 Å². The van der Waals surface area contributed by atoms with E-state index in [0.29, 0.717) is 5.69 Å². The number of likely N-dealkylation sites (tertiary alicyclic amines) is 1. The molecule has 1 aromatic heterocycles. The Kier molecular flexibility index (Phi) is 3.15. The maximum atomic E-state index is 11.6. The van der Waals surface area contributed by atoms with Crippen molar-refractivity contribution >= 4 is 27.8 Å². The number of carbonyl (C=O) groups is 2. The summed E-state index contributed by atoms with van der Waals surface area (Å²) in [6, 6.07) is 3.05. The summed E-state index contributed by atoms with van der Waals surface area (Å²) in [5, 5.41) is 9.12. The molecule has 1 fully saturated rings. The van der Waals surface area contributed by atoms with Gasteiger partial charge in [0, 0.05) is 24.1 Å². The standard InChI is InChI=1S/C11H11BrN2O3/c1-14-9(15)4-7(11(16)17)10(14)8-3-2-6(12)5-13-8/h2-3,5,7,10H,4H2,1H3,(H,16,17). The smallest absolute Gasteiger partial charge is 0.309 e. The summed E-state index contributed by atoms with van der Waals surface area (Å²) in [7, 11) is 1.61. The minimum absolute atomic E-state index is 0.0360. The molecule has 1 aromatic rings. The Bertz CT molecular complexity index is 460. The first-order valence-electron chi connectivity index (χ1n) is 5.10. The highest BCUT2D eigenvalue weighted by Crippen LogP contribution is 2.36. The van der Waals surface area contributed by atoms with Crippen molar-refractivity contribution in [2.24, 2.45) is 5.92 Å². The molecule has 0 saturated carbocycles. The van der Waals surface area contributed by atoms with Gasteiger partial charge in [-0.25, -0.2) is 0 Å². The van der Waals surface area contributed by atoms with Gasteiger partial charge in [-0.2, -0.15) is 0 Å². The molecule has 2 heterocycles. The van der Waals surface area contributed by atoms with Crippen molar-refractivity contribution in [3.8, 4) is 0 Å². The molecular formula is C11H11BrN2O3. The zero-order valence-corrected chi connectivity index (χ0v) is 10.7. The van der Waals surface area contributed by atoms with Gasteiger partial charge in [-0.15, -0.1) is 0 Å². The van der Waals surface area contributed by atoms with Crippen LogP contribution in [0.3, 0.4) is 0 Å². The Labute approximate surface area is 107 Å². The summed E-state index contributed by atoms with van der Waals surface area (Å²) in [6.45, 7) is 0. The van der Waals surface area contributed by atoms with E-state index < -0.39 is 17.9 Å². The average Bonchev–Trinajstić information content (AvgIpc) is 2.57. The summed E-state index contributed by atoms with van der Waals surface area (Å²) in [4.78, 5) is 28.3. The van der Waals surface area contributed by atoms with Crippen molar-refractivity contribution in [2.75, 3.05) is 7.05 Å². The molecule has 1 aliphatic rings. The molecule has 1 saturated heterocycles. The van der Waals surface area contributed by atoms with E-state index in [1.807, 2.05) is 0 Å². The van der Waals surface area contributed by atoms with E-state index in [-0.39, 0.29) is 12.3 Å². The monoisotopic (exact) mass is 298 g/mol. The number of carboxylic acids is 1. The SMILES string of the molecule is CN1C(=O)CC(C(=O)O)C1c1ccc(Br)cn1. The van der Waals surface area contributed by atoms with E-state index in [1.165, 1.54) is 4.90 Å². The lowest BCUT2D eigenvalue weighted by molar-refractivity contribution is -0.142. The normalized spacial score (nSPS) is 24.1. The van der Waals surface area contributed by atoms with E-state index in [0.717, 1.165) is 4.47 Å². The lowest BCUT2D eigenvalue weighted by Gasteiger charge is -2.22. The molecular weight excluding hydrogens is 288 g/mol. The number of nitrogens with zero attached hydrogens (tertiary/aromatic N) is 2. The Morgan fingerprint density at radius 2 is 2.29 bits per heavy atom. The Balaban J connectivity index is 2.37. The molecule has 6 heteroatoms. The molecule has 90 valence electrons. The molecule has 2 atom stereocenters. The molecule has 17 heavy (non-hydrogen) atoms. The van der Waals surface area contributed by atoms with Gasteiger partial charge in [0.15, 0.2) is 0 Å². The predicted molar refractivity (Wildman–Crippen MR) is 63.2 cm³/mol. The number of rotatable bonds is 2. The molecule has 0 spiro atoms. The maximum absolute atomic E-state index is 11.6. The molecule has 1 aliphatic heterocycles. The third kappa shape index (κ3) is 2.17. The zero-order chi connectivity index (χ0) is 12.6. The van der Waals surface area contributed by atoms with Crippen LogP contribution in [0, 0.1) is 5.92 Å². The van der Waals surface area contributed by atoms with Gasteiger partial charge in [0.05, 0.1) is 17.7 Å². The van der Waals surface area contributed by atoms with Crippen molar-refractivity contribution in [3.63, 3.8) is 0 Å². The summed E-state index contributed by atoms with van der Waals surface area (Å²) >= 11 is 3.27. The number of carbonyl (C=O) groups excluding carboxylic acids is 1. The topological polar surface area (TPSA) is 70.5 Å². The lowest BCUT2D eigenvalue weighted by Crippen LogP contribution is -2.27. The minimum Gasteiger partial charge on any atom is -0.481 e. The predicted octanol–water partition coefficient (Wildman–Crippen LogP) is 1.45. The number of pyridine rings is 1. The van der Waals surface area contributed by atoms with E-state index in [1.54, 1.807) is 25.4 Å². The van der Waals surface area contributed by atoms with Crippen LogP contribution in [0.4, 0.5) is 0 Å². The largest absolute Gasteiger partial charge is 0.481 e. The van der Waals surface area contributed by atoms with Crippen LogP contribution in [0.15, 0.2) is 22.8 Å². The summed E-state index contributed by atoms with van der Waals surface area (Å²) in [5.41, 5.74) is 0.606. The summed E-state index contributed by atoms with van der Waals surface area (Å²) in [5.74, 6) is -1.84. The molecule has 1 amide bonds. The Morgan fingerprint density at radius 3 is 2.82 bits per heavy atom. The van der Waals surface area contributed by atoms with Gasteiger partial charge in [-0.05, 0) is 28.1 Å². The summed E-state index contributed by atoms with van der Waals surface area (Å²) < 4.78 is 0.820. The van der Waals surface area contributed by atoms with Crippen LogP contribution in [0.5, 0.6) is 0 Å². The number of hydrogen-bond acceptors (Lipinski definition) is 3. The average molecular weight is 299 g/mol. The Hall–Kier alpha value is -1.43. The van der Waals surface area contributed by atoms with Gasteiger partial charge < -0.3 is 10.0 Å². The van der Waals surface area contributed by atoms with Crippen LogP contribution in [-0.4, -0.2) is 33.9 Å². The van der Waals surface area contributed by atoms with Gasteiger partial charge in [0.2, 0.25) is 5.91 Å². The van der Waals surface area contributed by atoms with Crippen molar-refractivity contribution in [3.05, 3.63) is 28.5 Å². The fourth-order valence-corrected chi connectivity index (χ4v) is 2.29. The molecule has 0 radical (unpaired) electrons. The van der Waals surface area contributed by atoms with Crippen molar-refractivity contribution in [1.29, 1.82) is 0 Å². The van der Waals surface area contributed by atoms with E-state index in [2.05, 4.69) is 20.9 Å². The zero-order valence-electron chi connectivity index (χ0n) is 9.13. The lowest BCUT2D eigenvalue weighted by atomic mass is 9.97. The fraction of sp³-hybridized carbons (Fsp3) is 0.364. The highest BCUT2D eigenvalue weighted by molar-refractivity contribution is 9.10. The summed E-state index contributed by atoms with van der Waals surface area (Å²) in [6.07, 6.45) is 1.64. The van der Waals surface area contributed by atoms with Crippen LogP contribution >= 0.6 is 15.9 Å². The Morgan fingerprint density at radius 1 is 1.59 bits per heavy atom. The number of aliphatic carboxylic acids is 1. The van der Waals surface area contributed by atoms with Gasteiger partial charge in [-0.1, -0.05) is 0 Å². The van der Waals surface area contributed by atoms with Crippen molar-refractivity contribution in [2.45, 2.75) is 12.5 Å². The van der Waals surface area contributed by atoms with E-state index in [9.17, 15) is 9.59 Å². The number of carboxylic acid groups (broad SMARTS) is 1. The molecule has 0 bridgehead atoms. The highest BCUT2D eigenvalue weighted by atomic mass is 79.9. The number of hydrogen-bond donors (Lipinski definition) is 1. The van der Waals surface area contributed by atoms with Crippen LogP contribution in [0.25, 0.3) is 0 Å². The third-order valence-corrected chi connectivity index (χ3v) is 3.43. The van der Waals surface area contributed by atoms with Crippen LogP contribution in [0.1, 0.15) is 18.2 Å². The highest BCUT2D eigenvalue weighted by Gasteiger charge is 2.43. The van der Waals surface area contributed by atoms with Gasteiger partial charge in [0.25, 0.3) is 0 Å². The minimum atomic E-state index is -0.961. The van der Waals surface area contributed by atoms with Crippen molar-refractivity contribution in [1.82, 2.24) is 9.88 Å². The molecule has 0 aliphatic carbocycles. The van der Waals surface area contributed by atoms with Gasteiger partial charge >= 0.3 is 5.97 Å². The first-order valence-corrected chi connectivity index (χ1v) is 5.90. The fourth-order valence-electron chi connectivity index (χ4n) is 2.06. The third-order valence-electron chi connectivity index (χ3n) is 2.96. The van der Waals surface area contributed by atoms with Gasteiger partial charge in [0.1, 0.15) is 0 Å². The second-order valence-electron chi connectivity index (χ2n) is 4.00. The molecule has 2 unspecified atom stereocenters. The number of amides is 1. The van der Waals surface area contributed by atoms with Crippen LogP contribution in [0.2, 0.25) is 0 Å². The quantitative estimate of drug-likeness (QED) is 0.897. The van der Waals surface area contributed by atoms with Crippen molar-refractivity contribution < 1.29 is 14.7 Å². The van der Waals surface area contributed by atoms with E-state index in [4.69, 9.17) is 5.11 Å². The molecule has 1 N–H and O–H groups in total. The second kappa shape index (κ2) is 4.44. The number of aromatic nitrogens is 1. The van der Waals surface area contributed by atoms with Crippen LogP contribution in [-0.2, 0) is 9.59 Å². The second-order valence-corrected chi connectivity index (χ2v) is 4.92. The first-order chi connectivity index (χ1) is 8.00. The van der Waals surface area contributed by atoms with Gasteiger partial charge in [-0.3, -0.25) is 14.6 Å². The maximum Gasteiger partial charge on any atom is 0.309 e. The number of halogens is 1. The molecule has 0 aromatic carbocycles.